The molecule has 21 heavy (non-hydrogen) atoms. The Balaban J connectivity index is 2.29. The summed E-state index contributed by atoms with van der Waals surface area (Å²) in [7, 11) is -3.69. The van der Waals surface area contributed by atoms with Crippen LogP contribution in [0.3, 0.4) is 0 Å². The van der Waals surface area contributed by atoms with Gasteiger partial charge < -0.3 is 0 Å². The predicted octanol–water partition coefficient (Wildman–Crippen LogP) is 3.32. The topological polar surface area (TPSA) is 72.0 Å². The molecule has 0 saturated heterocycles. The summed E-state index contributed by atoms with van der Waals surface area (Å²) in [6.07, 6.45) is 3.69. The van der Waals surface area contributed by atoms with Crippen molar-refractivity contribution in [3.05, 3.63) is 52.0 Å². The minimum absolute atomic E-state index is 0.102. The molecule has 1 aromatic carbocycles. The molecule has 5 nitrogen and oxygen atoms in total. The van der Waals surface area contributed by atoms with E-state index in [1.54, 1.807) is 24.5 Å². The lowest BCUT2D eigenvalue weighted by atomic mass is 10.2. The van der Waals surface area contributed by atoms with E-state index < -0.39 is 16.1 Å². The lowest BCUT2D eigenvalue weighted by molar-refractivity contribution is 0.536. The normalized spacial score (nSPS) is 13.1. The molecule has 1 atom stereocenters. The van der Waals surface area contributed by atoms with Crippen molar-refractivity contribution in [3.8, 4) is 0 Å². The fraction of sp³-hybridized carbons (Fsp3) is 0.231. The van der Waals surface area contributed by atoms with Gasteiger partial charge in [0.15, 0.2) is 0 Å². The van der Waals surface area contributed by atoms with Crippen LogP contribution < -0.4 is 4.72 Å². The molecule has 112 valence electrons. The van der Waals surface area contributed by atoms with Crippen molar-refractivity contribution in [2.45, 2.75) is 24.3 Å². The predicted molar refractivity (Wildman–Crippen MR) is 84.5 cm³/mol. The standard InChI is InChI=1S/C13H13BrClN3O2S/c1-2-12(13-16-6-3-7-17-13)18-21(19,20)9-4-5-10(14)11(15)8-9/h3-8,12,18H,2H2,1H3. The number of nitrogens with zero attached hydrogens (tertiary/aromatic N) is 2. The third kappa shape index (κ3) is 4.00. The van der Waals surface area contributed by atoms with E-state index in [4.69, 9.17) is 11.6 Å². The average Bonchev–Trinajstić information content (AvgIpc) is 2.48. The van der Waals surface area contributed by atoms with Crippen LogP contribution in [0, 0.1) is 0 Å². The largest absolute Gasteiger partial charge is 0.241 e. The molecular formula is C13H13BrClN3O2S. The summed E-state index contributed by atoms with van der Waals surface area (Å²) in [6, 6.07) is 5.66. The van der Waals surface area contributed by atoms with Crippen LogP contribution in [0.4, 0.5) is 0 Å². The van der Waals surface area contributed by atoms with Crippen LogP contribution in [0.2, 0.25) is 5.02 Å². The number of benzene rings is 1. The van der Waals surface area contributed by atoms with E-state index in [2.05, 4.69) is 30.6 Å². The highest BCUT2D eigenvalue weighted by Crippen LogP contribution is 2.26. The number of aromatic nitrogens is 2. The van der Waals surface area contributed by atoms with E-state index in [1.165, 1.54) is 12.1 Å². The second-order valence-electron chi connectivity index (χ2n) is 4.27. The second kappa shape index (κ2) is 6.83. The van der Waals surface area contributed by atoms with Crippen molar-refractivity contribution in [3.63, 3.8) is 0 Å². The Morgan fingerprint density at radius 1 is 1.33 bits per heavy atom. The molecule has 8 heteroatoms. The number of rotatable bonds is 5. The maximum Gasteiger partial charge on any atom is 0.241 e. The Labute approximate surface area is 137 Å². The lowest BCUT2D eigenvalue weighted by Crippen LogP contribution is -2.29. The second-order valence-corrected chi connectivity index (χ2v) is 7.24. The quantitative estimate of drug-likeness (QED) is 0.850. The Kier molecular flexibility index (Phi) is 5.32. The van der Waals surface area contributed by atoms with E-state index in [1.807, 2.05) is 6.92 Å². The zero-order chi connectivity index (χ0) is 15.5. The van der Waals surface area contributed by atoms with Crippen molar-refractivity contribution in [2.24, 2.45) is 0 Å². The SMILES string of the molecule is CCC(NS(=O)(=O)c1ccc(Br)c(Cl)c1)c1ncccn1. The van der Waals surface area contributed by atoms with Gasteiger partial charge in [-0.05, 0) is 46.6 Å². The van der Waals surface area contributed by atoms with Gasteiger partial charge in [-0.15, -0.1) is 0 Å². The van der Waals surface area contributed by atoms with E-state index in [-0.39, 0.29) is 4.90 Å². The first-order valence-corrected chi connectivity index (χ1v) is 8.83. The van der Waals surface area contributed by atoms with E-state index in [0.717, 1.165) is 0 Å². The Bertz CT molecular complexity index is 725. The highest BCUT2D eigenvalue weighted by atomic mass is 79.9. The van der Waals surface area contributed by atoms with Crippen LogP contribution >= 0.6 is 27.5 Å². The number of hydrogen-bond donors (Lipinski definition) is 1. The highest BCUT2D eigenvalue weighted by Gasteiger charge is 2.22. The Hall–Kier alpha value is -1.02. The molecule has 2 rings (SSSR count). The van der Waals surface area contributed by atoms with Crippen LogP contribution in [0.25, 0.3) is 0 Å². The van der Waals surface area contributed by atoms with E-state index >= 15 is 0 Å². The summed E-state index contributed by atoms with van der Waals surface area (Å²) < 4.78 is 28.0. The van der Waals surface area contributed by atoms with Gasteiger partial charge in [-0.3, -0.25) is 0 Å². The molecule has 0 aliphatic rings. The first kappa shape index (κ1) is 16.4. The Morgan fingerprint density at radius 2 is 2.00 bits per heavy atom. The van der Waals surface area contributed by atoms with Gasteiger partial charge in [0.25, 0.3) is 0 Å². The molecule has 0 fully saturated rings. The van der Waals surface area contributed by atoms with Gasteiger partial charge in [-0.2, -0.15) is 0 Å². The molecule has 0 bridgehead atoms. The molecule has 0 spiro atoms. The first-order chi connectivity index (χ1) is 9.94. The van der Waals surface area contributed by atoms with Crippen LogP contribution in [0.5, 0.6) is 0 Å². The number of hydrogen-bond acceptors (Lipinski definition) is 4. The first-order valence-electron chi connectivity index (χ1n) is 6.18. The van der Waals surface area contributed by atoms with Gasteiger partial charge in [0, 0.05) is 16.9 Å². The fourth-order valence-corrected chi connectivity index (χ4v) is 3.50. The maximum absolute atomic E-state index is 12.4. The number of halogens is 2. The fourth-order valence-electron chi connectivity index (χ4n) is 1.71. The van der Waals surface area contributed by atoms with Gasteiger partial charge in [0.05, 0.1) is 16.0 Å². The average molecular weight is 391 g/mol. The van der Waals surface area contributed by atoms with Crippen LogP contribution in [0.1, 0.15) is 25.2 Å². The van der Waals surface area contributed by atoms with Crippen LogP contribution in [-0.4, -0.2) is 18.4 Å². The lowest BCUT2D eigenvalue weighted by Gasteiger charge is -2.15. The summed E-state index contributed by atoms with van der Waals surface area (Å²) in [5.74, 6) is 0.437. The molecule has 0 radical (unpaired) electrons. The summed E-state index contributed by atoms with van der Waals surface area (Å²) >= 11 is 9.17. The van der Waals surface area contributed by atoms with Crippen LogP contribution in [0.15, 0.2) is 46.0 Å². The summed E-state index contributed by atoms with van der Waals surface area (Å²) in [6.45, 7) is 1.86. The zero-order valence-corrected chi connectivity index (χ0v) is 14.3. The third-order valence-corrected chi connectivity index (χ3v) is 5.51. The van der Waals surface area contributed by atoms with E-state index in [9.17, 15) is 8.42 Å². The molecule has 1 aromatic heterocycles. The van der Waals surface area contributed by atoms with E-state index in [0.29, 0.717) is 21.7 Å². The van der Waals surface area contributed by atoms with Gasteiger partial charge in [-0.25, -0.2) is 23.1 Å². The van der Waals surface area contributed by atoms with Crippen molar-refractivity contribution in [1.82, 2.24) is 14.7 Å². The zero-order valence-electron chi connectivity index (χ0n) is 11.1. The van der Waals surface area contributed by atoms with Gasteiger partial charge in [0.1, 0.15) is 5.82 Å². The summed E-state index contributed by atoms with van der Waals surface area (Å²) in [5.41, 5.74) is 0. The number of sulfonamides is 1. The molecule has 1 N–H and O–H groups in total. The molecule has 0 aliphatic heterocycles. The summed E-state index contributed by atoms with van der Waals surface area (Å²) in [5, 5.41) is 0.335. The van der Waals surface area contributed by atoms with Crippen LogP contribution in [-0.2, 0) is 10.0 Å². The highest BCUT2D eigenvalue weighted by molar-refractivity contribution is 9.10. The molecule has 1 unspecified atom stereocenters. The molecule has 0 aliphatic carbocycles. The minimum atomic E-state index is -3.69. The minimum Gasteiger partial charge on any atom is -0.240 e. The van der Waals surface area contributed by atoms with Crippen molar-refractivity contribution < 1.29 is 8.42 Å². The smallest absolute Gasteiger partial charge is 0.240 e. The molecule has 2 aromatic rings. The number of nitrogens with one attached hydrogen (secondary N) is 1. The molecule has 0 amide bonds. The maximum atomic E-state index is 12.4. The van der Waals surface area contributed by atoms with Crippen molar-refractivity contribution >= 4 is 37.6 Å². The van der Waals surface area contributed by atoms with Crippen molar-refractivity contribution in [2.75, 3.05) is 0 Å². The van der Waals surface area contributed by atoms with Gasteiger partial charge >= 0.3 is 0 Å². The Morgan fingerprint density at radius 3 is 2.57 bits per heavy atom. The van der Waals surface area contributed by atoms with Crippen molar-refractivity contribution in [1.29, 1.82) is 0 Å². The molecular weight excluding hydrogens is 378 g/mol. The summed E-state index contributed by atoms with van der Waals surface area (Å²) in [4.78, 5) is 8.28. The molecule has 0 saturated carbocycles. The molecule has 1 heterocycles. The monoisotopic (exact) mass is 389 g/mol. The van der Waals surface area contributed by atoms with Gasteiger partial charge in [-0.1, -0.05) is 18.5 Å². The third-order valence-electron chi connectivity index (χ3n) is 2.80. The van der Waals surface area contributed by atoms with Gasteiger partial charge in [0.2, 0.25) is 10.0 Å².